The number of fused-ring (bicyclic) bond motifs is 6. The maximum absolute atomic E-state index is 13.0. The molecule has 3 nitrogen and oxygen atoms in total. The summed E-state index contributed by atoms with van der Waals surface area (Å²) in [4.78, 5) is 13.1. The molecular weight excluding hydrogens is 502 g/mol. The Kier molecular flexibility index (Phi) is 3.07. The first kappa shape index (κ1) is 13.9. The monoisotopic (exact) mass is 514 g/mol. The number of carbonyl (C=O) groups excluding carboxylic acids is 1. The summed E-state index contributed by atoms with van der Waals surface area (Å²) >= 11 is 4.20. The van der Waals surface area contributed by atoms with Crippen LogP contribution in [0.4, 0.5) is 0 Å². The Hall–Kier alpha value is 0.300. The molecule has 106 valence electrons. The summed E-state index contributed by atoms with van der Waals surface area (Å²) in [5.74, 6) is 0.279. The number of Topliss-reactive ketones (excluding diaryl/α,β-unsaturated/α-hetero) is 1. The van der Waals surface area contributed by atoms with Gasteiger partial charge >= 0.3 is 0 Å². The number of ketones is 1. The van der Waals surface area contributed by atoms with Gasteiger partial charge in [0.25, 0.3) is 0 Å². The highest BCUT2D eigenvalue weighted by atomic mass is 127. The minimum absolute atomic E-state index is 0.0726. The van der Waals surface area contributed by atoms with Crippen LogP contribution in [0.2, 0.25) is 0 Å². The molecule has 0 amide bonds. The van der Waals surface area contributed by atoms with Crippen LogP contribution in [-0.2, 0) is 9.84 Å². The van der Waals surface area contributed by atoms with E-state index in [0.717, 1.165) is 22.8 Å². The number of benzene rings is 1. The maximum Gasteiger partial charge on any atom is 0.184 e. The molecule has 0 radical (unpaired) electrons. The molecule has 4 unspecified atom stereocenters. The number of sulfone groups is 1. The van der Waals surface area contributed by atoms with Crippen LogP contribution in [0.5, 0.6) is 0 Å². The third-order valence-corrected chi connectivity index (χ3v) is 9.30. The van der Waals surface area contributed by atoms with E-state index in [2.05, 4.69) is 45.2 Å². The zero-order valence-electron chi connectivity index (χ0n) is 10.5. The SMILES string of the molecule is O=C1c2cc(I)cc(I)c2S(=O)(=O)C2C3CCC(C3)C12. The number of halogens is 2. The van der Waals surface area contributed by atoms with Crippen LogP contribution in [0.1, 0.15) is 29.6 Å². The van der Waals surface area contributed by atoms with Gasteiger partial charge in [0.2, 0.25) is 0 Å². The minimum atomic E-state index is -3.36. The Bertz CT molecular complexity index is 741. The van der Waals surface area contributed by atoms with E-state index in [0.29, 0.717) is 14.0 Å². The Morgan fingerprint density at radius 2 is 1.80 bits per heavy atom. The molecule has 2 fully saturated rings. The van der Waals surface area contributed by atoms with Crippen molar-refractivity contribution in [2.75, 3.05) is 0 Å². The molecule has 0 aromatic heterocycles. The van der Waals surface area contributed by atoms with Crippen LogP contribution >= 0.6 is 45.2 Å². The molecule has 4 atom stereocenters. The average Bonchev–Trinajstić information content (AvgIpc) is 2.95. The van der Waals surface area contributed by atoms with E-state index in [4.69, 9.17) is 0 Å². The Morgan fingerprint density at radius 1 is 1.10 bits per heavy atom. The lowest BCUT2D eigenvalue weighted by Gasteiger charge is -2.35. The highest BCUT2D eigenvalue weighted by Gasteiger charge is 2.59. The molecule has 0 N–H and O–H groups in total. The Morgan fingerprint density at radius 3 is 2.55 bits per heavy atom. The zero-order chi connectivity index (χ0) is 14.2. The van der Waals surface area contributed by atoms with Crippen LogP contribution in [0.3, 0.4) is 0 Å². The molecule has 3 aliphatic rings. The fourth-order valence-corrected chi connectivity index (χ4v) is 9.72. The van der Waals surface area contributed by atoms with E-state index in [-0.39, 0.29) is 23.5 Å². The molecule has 20 heavy (non-hydrogen) atoms. The number of hydrogen-bond acceptors (Lipinski definition) is 3. The standard InChI is InChI=1S/C14H12I2O3S/c15-8-4-9-12(17)11-6-1-2-7(3-6)13(11)20(18,19)14(9)10(16)5-8/h4-7,11,13H,1-3H2. The van der Waals surface area contributed by atoms with E-state index in [1.165, 1.54) is 0 Å². The van der Waals surface area contributed by atoms with Crippen molar-refractivity contribution in [2.45, 2.75) is 29.4 Å². The largest absolute Gasteiger partial charge is 0.294 e. The van der Waals surface area contributed by atoms with Gasteiger partial charge in [0, 0.05) is 18.6 Å². The summed E-state index contributed by atoms with van der Waals surface area (Å²) in [6.07, 6.45) is 2.90. The molecule has 2 aliphatic carbocycles. The first-order valence-electron chi connectivity index (χ1n) is 6.68. The second-order valence-corrected chi connectivity index (χ2v) is 10.4. The lowest BCUT2D eigenvalue weighted by atomic mass is 9.82. The number of rotatable bonds is 0. The van der Waals surface area contributed by atoms with Gasteiger partial charge in [-0.05, 0) is 88.4 Å². The molecule has 4 rings (SSSR count). The molecule has 2 saturated carbocycles. The van der Waals surface area contributed by atoms with E-state index >= 15 is 0 Å². The molecule has 0 saturated heterocycles. The summed E-state index contributed by atoms with van der Waals surface area (Å²) in [6, 6.07) is 3.60. The van der Waals surface area contributed by atoms with Gasteiger partial charge < -0.3 is 0 Å². The lowest BCUT2D eigenvalue weighted by molar-refractivity contribution is 0.0867. The van der Waals surface area contributed by atoms with Gasteiger partial charge in [-0.3, -0.25) is 4.79 Å². The highest BCUT2D eigenvalue weighted by molar-refractivity contribution is 14.1. The average molecular weight is 514 g/mol. The van der Waals surface area contributed by atoms with Gasteiger partial charge in [-0.25, -0.2) is 8.42 Å². The molecule has 6 heteroatoms. The molecule has 0 spiro atoms. The van der Waals surface area contributed by atoms with Crippen LogP contribution in [0.25, 0.3) is 0 Å². The van der Waals surface area contributed by atoms with Gasteiger partial charge in [0.15, 0.2) is 15.6 Å². The van der Waals surface area contributed by atoms with Crippen molar-refractivity contribution in [1.29, 1.82) is 0 Å². The van der Waals surface area contributed by atoms with Crippen molar-refractivity contribution >= 4 is 60.8 Å². The van der Waals surface area contributed by atoms with Crippen molar-refractivity contribution in [1.82, 2.24) is 0 Å². The van der Waals surface area contributed by atoms with Gasteiger partial charge in [-0.2, -0.15) is 0 Å². The minimum Gasteiger partial charge on any atom is -0.294 e. The van der Waals surface area contributed by atoms with Crippen LogP contribution < -0.4 is 0 Å². The predicted octanol–water partition coefficient (Wildman–Crippen LogP) is 3.28. The predicted molar refractivity (Wildman–Crippen MR) is 91.5 cm³/mol. The maximum atomic E-state index is 13.0. The molecule has 2 bridgehead atoms. The molecule has 1 heterocycles. The molecular formula is C14H12I2O3S. The fourth-order valence-electron chi connectivity index (χ4n) is 4.40. The van der Waals surface area contributed by atoms with Crippen LogP contribution in [0.15, 0.2) is 17.0 Å². The summed E-state index contributed by atoms with van der Waals surface area (Å²) < 4.78 is 27.6. The van der Waals surface area contributed by atoms with Gasteiger partial charge in [0.05, 0.1) is 10.1 Å². The van der Waals surface area contributed by atoms with E-state index in [9.17, 15) is 13.2 Å². The summed E-state index contributed by atoms with van der Waals surface area (Å²) in [5.41, 5.74) is 0.440. The topological polar surface area (TPSA) is 51.2 Å². The van der Waals surface area contributed by atoms with Crippen LogP contribution in [-0.4, -0.2) is 19.5 Å². The second kappa shape index (κ2) is 4.41. The summed E-state index contributed by atoms with van der Waals surface area (Å²) in [5, 5.41) is -0.449. The Labute approximate surface area is 145 Å². The number of hydrogen-bond donors (Lipinski definition) is 0. The van der Waals surface area contributed by atoms with Gasteiger partial charge in [0.1, 0.15) is 0 Å². The normalized spacial score (nSPS) is 36.8. The fraction of sp³-hybridized carbons (Fsp3) is 0.500. The van der Waals surface area contributed by atoms with Crippen molar-refractivity contribution in [3.63, 3.8) is 0 Å². The van der Waals surface area contributed by atoms with Crippen molar-refractivity contribution in [2.24, 2.45) is 17.8 Å². The first-order valence-corrected chi connectivity index (χ1v) is 10.4. The van der Waals surface area contributed by atoms with E-state index < -0.39 is 15.1 Å². The number of carbonyl (C=O) groups is 1. The van der Waals surface area contributed by atoms with E-state index in [1.807, 2.05) is 6.07 Å². The lowest BCUT2D eigenvalue weighted by Crippen LogP contribution is -2.44. The Balaban J connectivity index is 2.03. The van der Waals surface area contributed by atoms with Crippen molar-refractivity contribution in [3.05, 3.63) is 24.8 Å². The van der Waals surface area contributed by atoms with Crippen molar-refractivity contribution < 1.29 is 13.2 Å². The molecule has 1 aromatic carbocycles. The molecule has 1 aromatic rings. The van der Waals surface area contributed by atoms with E-state index in [1.54, 1.807) is 6.07 Å². The summed E-state index contributed by atoms with van der Waals surface area (Å²) in [6.45, 7) is 0. The first-order chi connectivity index (χ1) is 9.41. The quantitative estimate of drug-likeness (QED) is 0.500. The van der Waals surface area contributed by atoms with Gasteiger partial charge in [-0.1, -0.05) is 0 Å². The van der Waals surface area contributed by atoms with Crippen LogP contribution in [0, 0.1) is 24.9 Å². The van der Waals surface area contributed by atoms with Gasteiger partial charge in [-0.15, -0.1) is 0 Å². The highest BCUT2D eigenvalue weighted by Crippen LogP contribution is 2.56. The summed E-state index contributed by atoms with van der Waals surface area (Å²) in [7, 11) is -3.36. The third-order valence-electron chi connectivity index (χ3n) is 5.06. The second-order valence-electron chi connectivity index (χ2n) is 6.00. The third kappa shape index (κ3) is 1.67. The van der Waals surface area contributed by atoms with Crippen molar-refractivity contribution in [3.8, 4) is 0 Å². The smallest absolute Gasteiger partial charge is 0.184 e. The molecule has 1 aliphatic heterocycles. The zero-order valence-corrected chi connectivity index (χ0v) is 15.6.